The number of halogens is 1. The van der Waals surface area contributed by atoms with Gasteiger partial charge < -0.3 is 14.6 Å². The molecule has 3 aromatic carbocycles. The van der Waals surface area contributed by atoms with E-state index in [0.29, 0.717) is 18.7 Å². The summed E-state index contributed by atoms with van der Waals surface area (Å²) in [5.74, 6) is 1.90. The quantitative estimate of drug-likeness (QED) is 0.228. The molecule has 5 nitrogen and oxygen atoms in total. The van der Waals surface area contributed by atoms with Crippen LogP contribution in [0.1, 0.15) is 52.1 Å². The molecule has 6 heteroatoms. The Bertz CT molecular complexity index is 1320. The molecule has 1 heterocycles. The maximum atomic E-state index is 12.4. The summed E-state index contributed by atoms with van der Waals surface area (Å²) >= 11 is 6.26. The summed E-state index contributed by atoms with van der Waals surface area (Å²) in [6, 6.07) is 19.9. The summed E-state index contributed by atoms with van der Waals surface area (Å²) in [6.07, 6.45) is 3.57. The molecule has 4 rings (SSSR count). The van der Waals surface area contributed by atoms with Crippen LogP contribution >= 0.6 is 11.6 Å². The number of rotatable bonds is 11. The summed E-state index contributed by atoms with van der Waals surface area (Å²) in [5, 5.41) is 3.84. The summed E-state index contributed by atoms with van der Waals surface area (Å²) in [5.41, 5.74) is 6.03. The highest BCUT2D eigenvalue weighted by Gasteiger charge is 2.11. The van der Waals surface area contributed by atoms with E-state index in [1.807, 2.05) is 63.2 Å². The third-order valence-electron chi connectivity index (χ3n) is 6.33. The number of hydrogen-bond donors (Lipinski definition) is 1. The molecule has 1 N–H and O–H groups in total. The van der Waals surface area contributed by atoms with Crippen LogP contribution in [0.3, 0.4) is 0 Å². The number of para-hydroxylation sites is 2. The van der Waals surface area contributed by atoms with Crippen molar-refractivity contribution in [2.45, 2.75) is 53.0 Å². The van der Waals surface area contributed by atoms with Gasteiger partial charge in [-0.1, -0.05) is 41.4 Å². The number of nitrogens with zero attached hydrogens (tertiary/aromatic N) is 2. The number of aromatic nitrogens is 2. The molecule has 188 valence electrons. The molecule has 0 fully saturated rings. The largest absolute Gasteiger partial charge is 0.494 e. The maximum Gasteiger partial charge on any atom is 0.251 e. The van der Waals surface area contributed by atoms with E-state index in [9.17, 15) is 4.79 Å². The lowest BCUT2D eigenvalue weighted by molar-refractivity contribution is 0.0953. The average Bonchev–Trinajstić information content (AvgIpc) is 3.22. The molecule has 0 unspecified atom stereocenters. The lowest BCUT2D eigenvalue weighted by Gasteiger charge is -2.12. The number of imidazole rings is 1. The average molecular weight is 504 g/mol. The number of aryl methyl sites for hydroxylation is 5. The molecule has 0 aliphatic heterocycles. The standard InChI is InChI=1S/C30H34ClN3O2/c1-21-10-8-11-24(18-21)30(35)32-15-9-14-28-33-26-12-4-5-13-27(26)34(28)16-6-7-17-36-25-19-22(2)29(31)23(3)20-25/h4-5,8,10-13,18-20H,6-7,9,14-17H2,1-3H3,(H,32,35). The van der Waals surface area contributed by atoms with Crippen molar-refractivity contribution in [2.24, 2.45) is 0 Å². The molecule has 4 aromatic rings. The maximum absolute atomic E-state index is 12.4. The first kappa shape index (κ1) is 25.8. The fraction of sp³-hybridized carbons (Fsp3) is 0.333. The van der Waals surface area contributed by atoms with Crippen molar-refractivity contribution < 1.29 is 9.53 Å². The first-order chi connectivity index (χ1) is 17.4. The van der Waals surface area contributed by atoms with Gasteiger partial charge >= 0.3 is 0 Å². The van der Waals surface area contributed by atoms with Crippen LogP contribution in [0.2, 0.25) is 5.02 Å². The van der Waals surface area contributed by atoms with Crippen molar-refractivity contribution in [1.29, 1.82) is 0 Å². The smallest absolute Gasteiger partial charge is 0.251 e. The monoisotopic (exact) mass is 503 g/mol. The number of unbranched alkanes of at least 4 members (excludes halogenated alkanes) is 1. The number of benzene rings is 3. The van der Waals surface area contributed by atoms with Gasteiger partial charge in [-0.05, 0) is 87.6 Å². The molecular formula is C30H34ClN3O2. The van der Waals surface area contributed by atoms with Crippen LogP contribution in [-0.2, 0) is 13.0 Å². The fourth-order valence-electron chi connectivity index (χ4n) is 4.45. The van der Waals surface area contributed by atoms with Crippen LogP contribution in [0.15, 0.2) is 60.7 Å². The second-order valence-corrected chi connectivity index (χ2v) is 9.70. The zero-order valence-electron chi connectivity index (χ0n) is 21.3. The van der Waals surface area contributed by atoms with Gasteiger partial charge in [0.25, 0.3) is 5.91 Å². The number of carbonyl (C=O) groups excluding carboxylic acids is 1. The van der Waals surface area contributed by atoms with Crippen LogP contribution in [0.5, 0.6) is 5.75 Å². The minimum atomic E-state index is -0.0294. The summed E-state index contributed by atoms with van der Waals surface area (Å²) in [7, 11) is 0. The molecule has 0 atom stereocenters. The van der Waals surface area contributed by atoms with Gasteiger partial charge in [0.05, 0.1) is 17.6 Å². The molecule has 0 saturated carbocycles. The van der Waals surface area contributed by atoms with Crippen LogP contribution in [0.4, 0.5) is 0 Å². The molecule has 0 bridgehead atoms. The van der Waals surface area contributed by atoms with Gasteiger partial charge in [0.15, 0.2) is 0 Å². The van der Waals surface area contributed by atoms with Crippen molar-refractivity contribution >= 4 is 28.5 Å². The van der Waals surface area contributed by atoms with E-state index in [-0.39, 0.29) is 5.91 Å². The highest BCUT2D eigenvalue weighted by Crippen LogP contribution is 2.26. The van der Waals surface area contributed by atoms with Crippen LogP contribution in [-0.4, -0.2) is 28.6 Å². The van der Waals surface area contributed by atoms with E-state index >= 15 is 0 Å². The SMILES string of the molecule is Cc1cccc(C(=O)NCCCc2nc3ccccc3n2CCCCOc2cc(C)c(Cl)c(C)c2)c1. The van der Waals surface area contributed by atoms with E-state index in [0.717, 1.165) is 76.5 Å². The van der Waals surface area contributed by atoms with Crippen LogP contribution in [0.25, 0.3) is 11.0 Å². The van der Waals surface area contributed by atoms with E-state index in [4.69, 9.17) is 21.3 Å². The van der Waals surface area contributed by atoms with Gasteiger partial charge in [-0.2, -0.15) is 0 Å². The number of ether oxygens (including phenoxy) is 1. The number of fused-ring (bicyclic) bond motifs is 1. The molecular weight excluding hydrogens is 470 g/mol. The Morgan fingerprint density at radius 3 is 2.53 bits per heavy atom. The van der Waals surface area contributed by atoms with Gasteiger partial charge in [0.2, 0.25) is 0 Å². The van der Waals surface area contributed by atoms with Crippen LogP contribution < -0.4 is 10.1 Å². The highest BCUT2D eigenvalue weighted by molar-refractivity contribution is 6.32. The Morgan fingerprint density at radius 1 is 0.972 bits per heavy atom. The molecule has 0 radical (unpaired) electrons. The Kier molecular flexibility index (Phi) is 8.65. The van der Waals surface area contributed by atoms with Crippen molar-refractivity contribution in [3.05, 3.63) is 93.8 Å². The molecule has 1 amide bonds. The van der Waals surface area contributed by atoms with Gasteiger partial charge in [-0.25, -0.2) is 4.98 Å². The third kappa shape index (κ3) is 6.46. The van der Waals surface area contributed by atoms with E-state index in [1.54, 1.807) is 0 Å². The predicted octanol–water partition coefficient (Wildman–Crippen LogP) is 6.84. The number of amides is 1. The molecule has 0 aliphatic rings. The Labute approximate surface area is 218 Å². The molecule has 0 saturated heterocycles. The van der Waals surface area contributed by atoms with E-state index in [2.05, 4.69) is 28.1 Å². The lowest BCUT2D eigenvalue weighted by atomic mass is 10.1. The first-order valence-corrected chi connectivity index (χ1v) is 13.0. The van der Waals surface area contributed by atoms with Crippen molar-refractivity contribution in [3.63, 3.8) is 0 Å². The summed E-state index contributed by atoms with van der Waals surface area (Å²) < 4.78 is 8.30. The Hall–Kier alpha value is -3.31. The first-order valence-electron chi connectivity index (χ1n) is 12.6. The van der Waals surface area contributed by atoms with Crippen molar-refractivity contribution in [3.8, 4) is 5.75 Å². The van der Waals surface area contributed by atoms with Gasteiger partial charge in [-0.3, -0.25) is 4.79 Å². The Balaban J connectivity index is 1.30. The number of hydrogen-bond acceptors (Lipinski definition) is 3. The zero-order chi connectivity index (χ0) is 25.5. The van der Waals surface area contributed by atoms with Crippen LogP contribution in [0, 0.1) is 20.8 Å². The van der Waals surface area contributed by atoms with Gasteiger partial charge in [-0.15, -0.1) is 0 Å². The minimum Gasteiger partial charge on any atom is -0.494 e. The topological polar surface area (TPSA) is 56.2 Å². The van der Waals surface area contributed by atoms with Gasteiger partial charge in [0, 0.05) is 30.1 Å². The molecule has 0 spiro atoms. The van der Waals surface area contributed by atoms with Crippen molar-refractivity contribution in [1.82, 2.24) is 14.9 Å². The second kappa shape index (κ2) is 12.1. The van der Waals surface area contributed by atoms with E-state index < -0.39 is 0 Å². The second-order valence-electron chi connectivity index (χ2n) is 9.32. The third-order valence-corrected chi connectivity index (χ3v) is 6.93. The highest BCUT2D eigenvalue weighted by atomic mass is 35.5. The number of nitrogens with one attached hydrogen (secondary N) is 1. The minimum absolute atomic E-state index is 0.0294. The molecule has 1 aromatic heterocycles. The summed E-state index contributed by atoms with van der Waals surface area (Å²) in [6.45, 7) is 8.15. The number of carbonyl (C=O) groups is 1. The lowest BCUT2D eigenvalue weighted by Crippen LogP contribution is -2.25. The summed E-state index contributed by atoms with van der Waals surface area (Å²) in [4.78, 5) is 17.3. The molecule has 0 aliphatic carbocycles. The Morgan fingerprint density at radius 2 is 1.75 bits per heavy atom. The van der Waals surface area contributed by atoms with Crippen molar-refractivity contribution in [2.75, 3.05) is 13.2 Å². The zero-order valence-corrected chi connectivity index (χ0v) is 22.1. The molecule has 36 heavy (non-hydrogen) atoms. The predicted molar refractivity (Wildman–Crippen MR) is 147 cm³/mol. The van der Waals surface area contributed by atoms with E-state index in [1.165, 1.54) is 0 Å². The normalized spacial score (nSPS) is 11.1. The van der Waals surface area contributed by atoms with Gasteiger partial charge in [0.1, 0.15) is 11.6 Å². The fourth-order valence-corrected chi connectivity index (χ4v) is 4.56.